The number of hydrogen-bond acceptors (Lipinski definition) is 5. The molecule has 166 valence electrons. The SMILES string of the molecule is Cc1ccc(S(=O)(=O)Nc2cccc(C(=O)N3CCCC(C4OCCO4)C3)c2)cc1F. The highest BCUT2D eigenvalue weighted by Gasteiger charge is 2.33. The first-order valence-corrected chi connectivity index (χ1v) is 11.7. The summed E-state index contributed by atoms with van der Waals surface area (Å²) in [6.45, 7) is 3.86. The number of sulfonamides is 1. The first-order chi connectivity index (χ1) is 14.8. The summed E-state index contributed by atoms with van der Waals surface area (Å²) >= 11 is 0. The second kappa shape index (κ2) is 8.94. The van der Waals surface area contributed by atoms with Crippen LogP contribution in [0, 0.1) is 18.7 Å². The molecule has 1 amide bonds. The lowest BCUT2D eigenvalue weighted by Gasteiger charge is -2.34. The second-order valence-electron chi connectivity index (χ2n) is 7.86. The summed E-state index contributed by atoms with van der Waals surface area (Å²) in [6, 6.07) is 10.1. The molecule has 0 spiro atoms. The molecule has 31 heavy (non-hydrogen) atoms. The number of aryl methyl sites for hydroxylation is 1. The first-order valence-electron chi connectivity index (χ1n) is 10.2. The highest BCUT2D eigenvalue weighted by Crippen LogP contribution is 2.26. The zero-order valence-electron chi connectivity index (χ0n) is 17.2. The third-order valence-electron chi connectivity index (χ3n) is 5.59. The van der Waals surface area contributed by atoms with Crippen molar-refractivity contribution in [3.05, 3.63) is 59.4 Å². The summed E-state index contributed by atoms with van der Waals surface area (Å²) in [5.74, 6) is -0.648. The average Bonchev–Trinajstić information content (AvgIpc) is 3.30. The second-order valence-corrected chi connectivity index (χ2v) is 9.54. The molecule has 4 rings (SSSR count). The summed E-state index contributed by atoms with van der Waals surface area (Å²) in [5.41, 5.74) is 0.979. The predicted octanol–water partition coefficient (Wildman–Crippen LogP) is 3.16. The van der Waals surface area contributed by atoms with Gasteiger partial charge in [-0.15, -0.1) is 0 Å². The van der Waals surface area contributed by atoms with Crippen LogP contribution in [0.2, 0.25) is 0 Å². The number of amides is 1. The maximum absolute atomic E-state index is 13.8. The van der Waals surface area contributed by atoms with E-state index in [1.807, 2.05) is 0 Å². The Morgan fingerprint density at radius 2 is 1.94 bits per heavy atom. The van der Waals surface area contributed by atoms with Crippen molar-refractivity contribution in [2.75, 3.05) is 31.0 Å². The van der Waals surface area contributed by atoms with Crippen LogP contribution < -0.4 is 4.72 Å². The van der Waals surface area contributed by atoms with Gasteiger partial charge in [-0.3, -0.25) is 9.52 Å². The molecule has 0 radical (unpaired) electrons. The molecule has 0 aliphatic carbocycles. The van der Waals surface area contributed by atoms with Crippen LogP contribution in [0.1, 0.15) is 28.8 Å². The number of nitrogens with zero attached hydrogens (tertiary/aromatic N) is 1. The Morgan fingerprint density at radius 1 is 1.16 bits per heavy atom. The molecule has 2 aliphatic heterocycles. The molecule has 2 heterocycles. The summed E-state index contributed by atoms with van der Waals surface area (Å²) in [6.07, 6.45) is 1.51. The van der Waals surface area contributed by atoms with Gasteiger partial charge in [-0.25, -0.2) is 12.8 Å². The number of benzene rings is 2. The molecular weight excluding hydrogens is 423 g/mol. The maximum atomic E-state index is 13.8. The fraction of sp³-hybridized carbons (Fsp3) is 0.409. The molecule has 2 aromatic carbocycles. The van der Waals surface area contributed by atoms with Crippen LogP contribution in [0.15, 0.2) is 47.4 Å². The van der Waals surface area contributed by atoms with E-state index in [2.05, 4.69) is 4.72 Å². The Balaban J connectivity index is 1.48. The summed E-state index contributed by atoms with van der Waals surface area (Å²) in [4.78, 5) is 14.6. The molecule has 1 atom stereocenters. The molecular formula is C22H25FN2O5S. The van der Waals surface area contributed by atoms with Crippen LogP contribution in [0.4, 0.5) is 10.1 Å². The van der Waals surface area contributed by atoms with Gasteiger partial charge in [0.15, 0.2) is 6.29 Å². The molecule has 2 saturated heterocycles. The minimum Gasteiger partial charge on any atom is -0.350 e. The van der Waals surface area contributed by atoms with E-state index in [0.717, 1.165) is 18.9 Å². The van der Waals surface area contributed by atoms with E-state index in [9.17, 15) is 17.6 Å². The number of hydrogen-bond donors (Lipinski definition) is 1. The Labute approximate surface area is 181 Å². The third-order valence-corrected chi connectivity index (χ3v) is 6.97. The third kappa shape index (κ3) is 4.89. The number of nitrogens with one attached hydrogen (secondary N) is 1. The van der Waals surface area contributed by atoms with Crippen LogP contribution in [-0.4, -0.2) is 51.8 Å². The molecule has 2 aliphatic rings. The van der Waals surface area contributed by atoms with E-state index in [1.165, 1.54) is 18.2 Å². The van der Waals surface area contributed by atoms with Crippen molar-refractivity contribution < 1.29 is 27.1 Å². The lowest BCUT2D eigenvalue weighted by atomic mass is 9.96. The number of carbonyl (C=O) groups is 1. The summed E-state index contributed by atoms with van der Waals surface area (Å²) in [5, 5.41) is 0. The van der Waals surface area contributed by atoms with Crippen molar-refractivity contribution in [3.8, 4) is 0 Å². The lowest BCUT2D eigenvalue weighted by molar-refractivity contribution is -0.0969. The number of likely N-dealkylation sites (tertiary alicyclic amines) is 1. The van der Waals surface area contributed by atoms with Crippen molar-refractivity contribution in [2.24, 2.45) is 5.92 Å². The van der Waals surface area contributed by atoms with Crippen molar-refractivity contribution in [1.29, 1.82) is 0 Å². The van der Waals surface area contributed by atoms with E-state index < -0.39 is 15.8 Å². The van der Waals surface area contributed by atoms with Crippen LogP contribution in [0.3, 0.4) is 0 Å². The van der Waals surface area contributed by atoms with E-state index in [1.54, 1.807) is 30.0 Å². The number of piperidine rings is 1. The van der Waals surface area contributed by atoms with E-state index in [-0.39, 0.29) is 28.7 Å². The molecule has 1 N–H and O–H groups in total. The number of ether oxygens (including phenoxy) is 2. The fourth-order valence-corrected chi connectivity index (χ4v) is 4.98. The molecule has 9 heteroatoms. The van der Waals surface area contributed by atoms with Crippen LogP contribution in [-0.2, 0) is 19.5 Å². The molecule has 2 fully saturated rings. The van der Waals surface area contributed by atoms with Gasteiger partial charge in [0.25, 0.3) is 15.9 Å². The van der Waals surface area contributed by atoms with E-state index in [0.29, 0.717) is 37.4 Å². The lowest BCUT2D eigenvalue weighted by Crippen LogP contribution is -2.43. The van der Waals surface area contributed by atoms with Gasteiger partial charge in [0.1, 0.15) is 5.82 Å². The molecule has 0 bridgehead atoms. The molecule has 1 unspecified atom stereocenters. The summed E-state index contributed by atoms with van der Waals surface area (Å²) < 4.78 is 52.7. The Morgan fingerprint density at radius 3 is 2.68 bits per heavy atom. The number of halogens is 1. The number of carbonyl (C=O) groups excluding carboxylic acids is 1. The van der Waals surface area contributed by atoms with Crippen molar-refractivity contribution in [1.82, 2.24) is 4.90 Å². The van der Waals surface area contributed by atoms with Gasteiger partial charge in [0.2, 0.25) is 0 Å². The quantitative estimate of drug-likeness (QED) is 0.760. The molecule has 0 saturated carbocycles. The Kier molecular flexibility index (Phi) is 6.27. The van der Waals surface area contributed by atoms with Crippen molar-refractivity contribution in [3.63, 3.8) is 0 Å². The van der Waals surface area contributed by atoms with Crippen LogP contribution in [0.5, 0.6) is 0 Å². The van der Waals surface area contributed by atoms with E-state index >= 15 is 0 Å². The largest absolute Gasteiger partial charge is 0.350 e. The van der Waals surface area contributed by atoms with Gasteiger partial charge in [0.05, 0.1) is 18.1 Å². The fourth-order valence-electron chi connectivity index (χ4n) is 3.92. The van der Waals surface area contributed by atoms with Crippen molar-refractivity contribution >= 4 is 21.6 Å². The first kappa shape index (κ1) is 21.7. The Hall–Kier alpha value is -2.49. The van der Waals surface area contributed by atoms with Gasteiger partial charge < -0.3 is 14.4 Å². The molecule has 0 aromatic heterocycles. The minimum atomic E-state index is -3.99. The van der Waals surface area contributed by atoms with Gasteiger partial charge >= 0.3 is 0 Å². The van der Waals surface area contributed by atoms with Gasteiger partial charge in [0, 0.05) is 30.3 Å². The zero-order valence-corrected chi connectivity index (χ0v) is 18.0. The van der Waals surface area contributed by atoms with Gasteiger partial charge in [-0.05, 0) is 55.7 Å². The smallest absolute Gasteiger partial charge is 0.261 e. The standard InChI is InChI=1S/C22H25FN2O5S/c1-15-7-8-19(13-20(15)23)31(27,28)24-18-6-2-4-16(12-18)21(26)25-9-3-5-17(14-25)22-29-10-11-30-22/h2,4,6-8,12-13,17,22,24H,3,5,9-11,14H2,1H3. The maximum Gasteiger partial charge on any atom is 0.261 e. The predicted molar refractivity (Wildman–Crippen MR) is 113 cm³/mol. The van der Waals surface area contributed by atoms with Crippen molar-refractivity contribution in [2.45, 2.75) is 31.0 Å². The Bertz CT molecular complexity index is 1070. The van der Waals surface area contributed by atoms with Gasteiger partial charge in [-0.1, -0.05) is 12.1 Å². The minimum absolute atomic E-state index is 0.123. The highest BCUT2D eigenvalue weighted by atomic mass is 32.2. The zero-order chi connectivity index (χ0) is 22.0. The van der Waals surface area contributed by atoms with Gasteiger partial charge in [-0.2, -0.15) is 0 Å². The number of anilines is 1. The highest BCUT2D eigenvalue weighted by molar-refractivity contribution is 7.92. The molecule has 2 aromatic rings. The van der Waals surface area contributed by atoms with Crippen LogP contribution in [0.25, 0.3) is 0 Å². The topological polar surface area (TPSA) is 84.9 Å². The molecule has 7 nitrogen and oxygen atoms in total. The summed E-state index contributed by atoms with van der Waals surface area (Å²) in [7, 11) is -3.99. The monoisotopic (exact) mass is 448 g/mol. The van der Waals surface area contributed by atoms with E-state index in [4.69, 9.17) is 9.47 Å². The normalized spacial score (nSPS) is 20.1. The van der Waals surface area contributed by atoms with Crippen LogP contribution >= 0.6 is 0 Å². The average molecular weight is 449 g/mol. The number of rotatable bonds is 5.